The molecule has 2 atom stereocenters. The molecule has 0 radical (unpaired) electrons. The number of Topliss-reactive ketones (excluding diaryl/α,β-unsaturated/α-hetero) is 1. The number of hydrogen-bond donors (Lipinski definition) is 1. The summed E-state index contributed by atoms with van der Waals surface area (Å²) in [5, 5.41) is 2.83. The third kappa shape index (κ3) is 3.13. The lowest BCUT2D eigenvalue weighted by Crippen LogP contribution is -2.58. The Bertz CT molecular complexity index is 763. The van der Waals surface area contributed by atoms with Crippen molar-refractivity contribution in [3.8, 4) is 5.88 Å². The van der Waals surface area contributed by atoms with Crippen LogP contribution in [0.3, 0.4) is 0 Å². The molecule has 1 aromatic rings. The van der Waals surface area contributed by atoms with Crippen LogP contribution in [0.5, 0.6) is 5.88 Å². The zero-order valence-electron chi connectivity index (χ0n) is 15.3. The average molecular weight is 344 g/mol. The highest BCUT2D eigenvalue weighted by atomic mass is 16.6. The second-order valence-corrected chi connectivity index (χ2v) is 7.74. The number of pyridine rings is 1. The number of rotatable bonds is 2. The van der Waals surface area contributed by atoms with Crippen LogP contribution in [0, 0.1) is 5.92 Å². The first-order chi connectivity index (χ1) is 11.6. The van der Waals surface area contributed by atoms with Crippen LogP contribution < -0.4 is 10.1 Å². The standard InChI is InChI=1S/C19H24N2O4/c1-11-8-12-9-14-13(6-7-15(20-14)24-5)19(10-11,16(12)22)21-17(23)25-18(2,3)4/h6-7,10,12H,8-9H2,1-5H3,(H,21,23)/t12-,19-/m1/s1. The third-order valence-corrected chi connectivity index (χ3v) is 4.51. The van der Waals surface area contributed by atoms with Crippen molar-refractivity contribution < 1.29 is 19.1 Å². The van der Waals surface area contributed by atoms with Gasteiger partial charge in [0, 0.05) is 24.0 Å². The number of aromatic nitrogens is 1. The summed E-state index contributed by atoms with van der Waals surface area (Å²) in [5.41, 5.74) is 0.680. The van der Waals surface area contributed by atoms with Crippen molar-refractivity contribution in [3.63, 3.8) is 0 Å². The Labute approximate surface area is 147 Å². The highest BCUT2D eigenvalue weighted by Gasteiger charge is 2.51. The van der Waals surface area contributed by atoms with E-state index in [9.17, 15) is 9.59 Å². The van der Waals surface area contributed by atoms with Crippen molar-refractivity contribution in [1.82, 2.24) is 10.3 Å². The van der Waals surface area contributed by atoms with Crippen LogP contribution in [0.2, 0.25) is 0 Å². The van der Waals surface area contributed by atoms with E-state index < -0.39 is 17.2 Å². The van der Waals surface area contributed by atoms with Crippen molar-refractivity contribution in [2.24, 2.45) is 5.92 Å². The second-order valence-electron chi connectivity index (χ2n) is 7.74. The van der Waals surface area contributed by atoms with E-state index in [0.717, 1.165) is 11.3 Å². The maximum absolute atomic E-state index is 13.1. The summed E-state index contributed by atoms with van der Waals surface area (Å²) in [6, 6.07) is 3.52. The van der Waals surface area contributed by atoms with Gasteiger partial charge in [-0.15, -0.1) is 0 Å². The Balaban J connectivity index is 2.08. The molecular formula is C19H24N2O4. The lowest BCUT2D eigenvalue weighted by atomic mass is 9.66. The first-order valence-corrected chi connectivity index (χ1v) is 8.43. The average Bonchev–Trinajstić information content (AvgIpc) is 2.48. The molecule has 1 heterocycles. The van der Waals surface area contributed by atoms with Crippen LogP contribution in [-0.4, -0.2) is 29.6 Å². The molecule has 0 spiro atoms. The number of fused-ring (bicyclic) bond motifs is 4. The SMILES string of the molecule is COc1ccc2c(n1)C[C@H]1CC(C)=C[C@]2(NC(=O)OC(C)(C)C)C1=O. The molecule has 0 saturated heterocycles. The second kappa shape index (κ2) is 5.86. The molecule has 2 aliphatic rings. The van der Waals surface area contributed by atoms with Gasteiger partial charge in [0.05, 0.1) is 12.8 Å². The molecule has 0 fully saturated rings. The van der Waals surface area contributed by atoms with Crippen LogP contribution >= 0.6 is 0 Å². The highest BCUT2D eigenvalue weighted by Crippen LogP contribution is 2.43. The van der Waals surface area contributed by atoms with Crippen LogP contribution in [0.1, 0.15) is 45.4 Å². The molecule has 3 rings (SSSR count). The number of methoxy groups -OCH3 is 1. The number of carbonyl (C=O) groups is 2. The Morgan fingerprint density at radius 3 is 2.68 bits per heavy atom. The topological polar surface area (TPSA) is 77.5 Å². The van der Waals surface area contributed by atoms with Gasteiger partial charge in [-0.05, 0) is 46.3 Å². The van der Waals surface area contributed by atoms with Crippen molar-refractivity contribution >= 4 is 11.9 Å². The smallest absolute Gasteiger partial charge is 0.408 e. The molecule has 2 aliphatic carbocycles. The zero-order valence-corrected chi connectivity index (χ0v) is 15.3. The number of ketones is 1. The molecule has 0 aliphatic heterocycles. The Morgan fingerprint density at radius 2 is 2.04 bits per heavy atom. The third-order valence-electron chi connectivity index (χ3n) is 4.51. The summed E-state index contributed by atoms with van der Waals surface area (Å²) in [6.07, 6.45) is 2.44. The Hall–Kier alpha value is -2.37. The number of ether oxygens (including phenoxy) is 2. The lowest BCUT2D eigenvalue weighted by molar-refractivity contribution is -0.129. The van der Waals surface area contributed by atoms with Gasteiger partial charge in [-0.1, -0.05) is 5.57 Å². The quantitative estimate of drug-likeness (QED) is 0.835. The number of amides is 1. The van der Waals surface area contributed by atoms with Gasteiger partial charge in [0.25, 0.3) is 0 Å². The predicted molar refractivity (Wildman–Crippen MR) is 92.4 cm³/mol. The van der Waals surface area contributed by atoms with Gasteiger partial charge < -0.3 is 14.8 Å². The monoisotopic (exact) mass is 344 g/mol. The maximum atomic E-state index is 13.1. The minimum atomic E-state index is -1.22. The number of allylic oxidation sites excluding steroid dienone is 1. The van der Waals surface area contributed by atoms with Crippen LogP contribution in [0.4, 0.5) is 4.79 Å². The number of carbonyl (C=O) groups excluding carboxylic acids is 2. The molecule has 1 amide bonds. The van der Waals surface area contributed by atoms with Crippen molar-refractivity contribution in [3.05, 3.63) is 35.0 Å². The molecule has 0 saturated carbocycles. The maximum Gasteiger partial charge on any atom is 0.408 e. The first-order valence-electron chi connectivity index (χ1n) is 8.43. The lowest BCUT2D eigenvalue weighted by Gasteiger charge is -2.42. The molecule has 1 aromatic heterocycles. The molecule has 134 valence electrons. The fourth-order valence-corrected chi connectivity index (χ4v) is 3.65. The summed E-state index contributed by atoms with van der Waals surface area (Å²) in [4.78, 5) is 30.1. The summed E-state index contributed by atoms with van der Waals surface area (Å²) in [6.45, 7) is 7.35. The van der Waals surface area contributed by atoms with E-state index in [0.29, 0.717) is 24.3 Å². The molecule has 2 bridgehead atoms. The summed E-state index contributed by atoms with van der Waals surface area (Å²) < 4.78 is 10.6. The van der Waals surface area contributed by atoms with Gasteiger partial charge in [-0.25, -0.2) is 9.78 Å². The van der Waals surface area contributed by atoms with Gasteiger partial charge in [0.2, 0.25) is 5.88 Å². The van der Waals surface area contributed by atoms with Gasteiger partial charge in [-0.3, -0.25) is 4.79 Å². The van der Waals surface area contributed by atoms with Crippen molar-refractivity contribution in [1.29, 1.82) is 0 Å². The number of nitrogens with zero attached hydrogens (tertiary/aromatic N) is 1. The summed E-state index contributed by atoms with van der Waals surface area (Å²) >= 11 is 0. The van der Waals surface area contributed by atoms with E-state index in [2.05, 4.69) is 10.3 Å². The zero-order chi connectivity index (χ0) is 18.4. The number of hydrogen-bond acceptors (Lipinski definition) is 5. The molecule has 1 N–H and O–H groups in total. The predicted octanol–water partition coefficient (Wildman–Crippen LogP) is 2.90. The van der Waals surface area contributed by atoms with Gasteiger partial charge in [0.15, 0.2) is 5.78 Å². The Kier molecular flexibility index (Phi) is 4.09. The fourth-order valence-electron chi connectivity index (χ4n) is 3.65. The van der Waals surface area contributed by atoms with Crippen molar-refractivity contribution in [2.75, 3.05) is 7.11 Å². The number of alkyl carbamates (subject to hydrolysis) is 1. The van der Waals surface area contributed by atoms with Gasteiger partial charge in [0.1, 0.15) is 11.1 Å². The van der Waals surface area contributed by atoms with Crippen LogP contribution in [-0.2, 0) is 21.5 Å². The molecule has 0 aromatic carbocycles. The van der Waals surface area contributed by atoms with E-state index in [1.54, 1.807) is 33.9 Å². The van der Waals surface area contributed by atoms with Crippen LogP contribution in [0.15, 0.2) is 23.8 Å². The van der Waals surface area contributed by atoms with E-state index in [-0.39, 0.29) is 11.7 Å². The van der Waals surface area contributed by atoms with E-state index in [1.165, 1.54) is 0 Å². The molecule has 0 unspecified atom stereocenters. The minimum Gasteiger partial charge on any atom is -0.481 e. The van der Waals surface area contributed by atoms with Gasteiger partial charge >= 0.3 is 6.09 Å². The number of nitrogens with one attached hydrogen (secondary N) is 1. The largest absolute Gasteiger partial charge is 0.481 e. The van der Waals surface area contributed by atoms with E-state index in [1.807, 2.05) is 19.1 Å². The molecular weight excluding hydrogens is 320 g/mol. The molecule has 25 heavy (non-hydrogen) atoms. The van der Waals surface area contributed by atoms with E-state index in [4.69, 9.17) is 9.47 Å². The van der Waals surface area contributed by atoms with E-state index >= 15 is 0 Å². The molecule has 6 heteroatoms. The fraction of sp³-hybridized carbons (Fsp3) is 0.526. The summed E-state index contributed by atoms with van der Waals surface area (Å²) in [7, 11) is 1.56. The molecule has 6 nitrogen and oxygen atoms in total. The normalized spacial score (nSPS) is 24.9. The van der Waals surface area contributed by atoms with Gasteiger partial charge in [-0.2, -0.15) is 0 Å². The minimum absolute atomic E-state index is 0.0107. The first kappa shape index (κ1) is 17.5. The van der Waals surface area contributed by atoms with Crippen LogP contribution in [0.25, 0.3) is 0 Å². The Morgan fingerprint density at radius 1 is 1.32 bits per heavy atom. The van der Waals surface area contributed by atoms with Crippen molar-refractivity contribution in [2.45, 2.75) is 51.7 Å². The highest BCUT2D eigenvalue weighted by molar-refractivity contribution is 5.99. The summed E-state index contributed by atoms with van der Waals surface area (Å²) in [5.74, 6) is 0.287.